The van der Waals surface area contributed by atoms with E-state index in [1.165, 1.54) is 5.32 Å². The van der Waals surface area contributed by atoms with Crippen LogP contribution in [0.25, 0.3) is 0 Å². The summed E-state index contributed by atoms with van der Waals surface area (Å²) < 4.78 is 44.7. The smallest absolute Gasteiger partial charge is 0.312 e. The van der Waals surface area contributed by atoms with E-state index in [1.807, 2.05) is 0 Å². The molecule has 0 bridgehead atoms. The molecule has 0 unspecified atom stereocenters. The fraction of sp³-hybridized carbons (Fsp3) is 0.400. The van der Waals surface area contributed by atoms with Crippen LogP contribution in [-0.2, 0) is 9.05 Å². The van der Waals surface area contributed by atoms with E-state index in [0.29, 0.717) is 6.21 Å². The summed E-state index contributed by atoms with van der Waals surface area (Å²) in [7, 11) is 0.709. The predicted octanol–water partition coefficient (Wildman–Crippen LogP) is 1.25. The van der Waals surface area contributed by atoms with Crippen LogP contribution in [-0.4, -0.2) is 21.2 Å². The zero-order valence-corrected chi connectivity index (χ0v) is 8.09. The first-order valence-electron chi connectivity index (χ1n) is 2.99. The van der Waals surface area contributed by atoms with Gasteiger partial charge in [0.15, 0.2) is 0 Å². The summed E-state index contributed by atoms with van der Waals surface area (Å²) in [5.74, 6) is 0. The van der Waals surface area contributed by atoms with Gasteiger partial charge in [-0.25, -0.2) is 8.42 Å². The van der Waals surface area contributed by atoms with Crippen molar-refractivity contribution in [2.24, 2.45) is 0 Å². The van der Waals surface area contributed by atoms with Gasteiger partial charge >= 0.3 is 6.55 Å². The highest BCUT2D eigenvalue weighted by molar-refractivity contribution is 8.17. The van der Waals surface area contributed by atoms with Gasteiger partial charge in [-0.15, -0.1) is 0 Å². The maximum Gasteiger partial charge on any atom is 0.312 e. The first-order chi connectivity index (χ1) is 5.79. The second-order valence-electron chi connectivity index (χ2n) is 2.02. The van der Waals surface area contributed by atoms with Crippen LogP contribution in [0.3, 0.4) is 0 Å². The van der Waals surface area contributed by atoms with E-state index in [1.54, 1.807) is 0 Å². The highest BCUT2D eigenvalue weighted by Gasteiger charge is 2.16. The number of hydrogen-bond acceptors (Lipinski definition) is 4. The van der Waals surface area contributed by atoms with Crippen LogP contribution in [0.2, 0.25) is 0 Å². The minimum Gasteiger partial charge on any atom is -0.332 e. The Morgan fingerprint density at radius 2 is 2.08 bits per heavy atom. The second kappa shape index (κ2) is 4.52. The third-order valence-corrected chi connectivity index (χ3v) is 2.54. The van der Waals surface area contributed by atoms with Crippen LogP contribution in [0.4, 0.5) is 8.78 Å². The molecule has 0 rings (SSSR count). The third kappa shape index (κ3) is 4.18. The molecule has 0 aromatic rings. The van der Waals surface area contributed by atoms with Gasteiger partial charge < -0.3 is 10.7 Å². The molecule has 0 aliphatic rings. The normalized spacial score (nSPS) is 13.9. The van der Waals surface area contributed by atoms with Crippen molar-refractivity contribution in [3.8, 4) is 0 Å². The van der Waals surface area contributed by atoms with Gasteiger partial charge in [0.1, 0.15) is 4.91 Å². The van der Waals surface area contributed by atoms with Crippen molar-refractivity contribution in [3.05, 3.63) is 10.6 Å². The van der Waals surface area contributed by atoms with Crippen molar-refractivity contribution in [1.82, 2.24) is 5.32 Å². The average Bonchev–Trinajstić information content (AvgIpc) is 1.82. The number of alkyl halides is 2. The number of nitrogens with one attached hydrogen (secondary N) is 2. The van der Waals surface area contributed by atoms with E-state index >= 15 is 0 Å². The van der Waals surface area contributed by atoms with Crippen molar-refractivity contribution in [1.29, 1.82) is 5.41 Å². The number of rotatable bonds is 4. The molecular weight excluding hydrogens is 226 g/mol. The molecular formula is C5H7ClF2N2O2S. The molecule has 13 heavy (non-hydrogen) atoms. The standard InChI is InChI=1S/C5H7ClF2N2O2S/c1-3(10-5(7)8)4(2-9)13(6,11)12/h2,5,9-10H,1H3/b4-3+,9-2?. The lowest BCUT2D eigenvalue weighted by atomic mass is 10.4. The zero-order valence-electron chi connectivity index (χ0n) is 6.51. The molecule has 0 saturated heterocycles. The molecule has 0 heterocycles. The summed E-state index contributed by atoms with van der Waals surface area (Å²) >= 11 is 0. The van der Waals surface area contributed by atoms with E-state index in [0.717, 1.165) is 6.92 Å². The van der Waals surface area contributed by atoms with E-state index in [9.17, 15) is 17.2 Å². The minimum absolute atomic E-state index is 0.361. The Bertz CT molecular complexity index is 325. The molecule has 0 atom stereocenters. The maximum absolute atomic E-state index is 11.7. The Labute approximate surface area is 78.5 Å². The second-order valence-corrected chi connectivity index (χ2v) is 4.55. The molecule has 2 N–H and O–H groups in total. The van der Waals surface area contributed by atoms with Crippen molar-refractivity contribution in [2.45, 2.75) is 13.5 Å². The molecule has 0 aromatic heterocycles. The first kappa shape index (κ1) is 12.3. The summed E-state index contributed by atoms with van der Waals surface area (Å²) in [6.45, 7) is -1.81. The lowest BCUT2D eigenvalue weighted by molar-refractivity contribution is 0.121. The van der Waals surface area contributed by atoms with Gasteiger partial charge in [0, 0.05) is 22.6 Å². The lowest BCUT2D eigenvalue weighted by Crippen LogP contribution is -2.21. The van der Waals surface area contributed by atoms with Gasteiger partial charge in [0.2, 0.25) is 0 Å². The molecule has 76 valence electrons. The van der Waals surface area contributed by atoms with Crippen LogP contribution in [0.5, 0.6) is 0 Å². The van der Waals surface area contributed by atoms with Crippen molar-refractivity contribution in [2.75, 3.05) is 0 Å². The quantitative estimate of drug-likeness (QED) is 0.435. The molecule has 0 saturated carbocycles. The molecule has 4 nitrogen and oxygen atoms in total. The molecule has 0 fully saturated rings. The lowest BCUT2D eigenvalue weighted by Gasteiger charge is -2.06. The highest BCUT2D eigenvalue weighted by Crippen LogP contribution is 2.13. The molecule has 0 amide bonds. The Morgan fingerprint density at radius 1 is 1.62 bits per heavy atom. The van der Waals surface area contributed by atoms with Crippen molar-refractivity contribution < 1.29 is 17.2 Å². The molecule has 0 aromatic carbocycles. The predicted molar refractivity (Wildman–Crippen MR) is 45.4 cm³/mol. The summed E-state index contributed by atoms with van der Waals surface area (Å²) in [6, 6.07) is 0. The van der Waals surface area contributed by atoms with Crippen LogP contribution in [0, 0.1) is 5.41 Å². The maximum atomic E-state index is 11.7. The Kier molecular flexibility index (Phi) is 4.28. The molecule has 0 aliphatic carbocycles. The molecule has 0 radical (unpaired) electrons. The first-order valence-corrected chi connectivity index (χ1v) is 5.30. The molecule has 0 aliphatic heterocycles. The summed E-state index contributed by atoms with van der Waals surface area (Å²) in [4.78, 5) is -0.672. The number of halogens is 3. The monoisotopic (exact) mass is 232 g/mol. The minimum atomic E-state index is -4.15. The van der Waals surface area contributed by atoms with E-state index in [-0.39, 0.29) is 5.70 Å². The van der Waals surface area contributed by atoms with Crippen LogP contribution >= 0.6 is 10.7 Å². The Hall–Kier alpha value is -0.690. The van der Waals surface area contributed by atoms with Gasteiger partial charge in [-0.3, -0.25) is 0 Å². The van der Waals surface area contributed by atoms with Gasteiger partial charge in [0.25, 0.3) is 9.05 Å². The summed E-state index contributed by atoms with van der Waals surface area (Å²) in [5, 5.41) is 8.19. The number of allylic oxidation sites excluding steroid dienone is 2. The average molecular weight is 233 g/mol. The molecule has 8 heteroatoms. The third-order valence-electron chi connectivity index (χ3n) is 1.09. The summed E-state index contributed by atoms with van der Waals surface area (Å²) in [6.07, 6.45) is 0.396. The van der Waals surface area contributed by atoms with Crippen molar-refractivity contribution >= 4 is 25.9 Å². The van der Waals surface area contributed by atoms with Crippen molar-refractivity contribution in [3.63, 3.8) is 0 Å². The fourth-order valence-electron chi connectivity index (χ4n) is 0.596. The largest absolute Gasteiger partial charge is 0.332 e. The highest BCUT2D eigenvalue weighted by atomic mass is 35.7. The van der Waals surface area contributed by atoms with Crippen LogP contribution in [0.1, 0.15) is 6.92 Å². The summed E-state index contributed by atoms with van der Waals surface area (Å²) in [5.41, 5.74) is -0.361. The Morgan fingerprint density at radius 3 is 2.31 bits per heavy atom. The fourth-order valence-corrected chi connectivity index (χ4v) is 1.64. The van der Waals surface area contributed by atoms with Crippen LogP contribution < -0.4 is 5.32 Å². The van der Waals surface area contributed by atoms with E-state index < -0.39 is 20.5 Å². The van der Waals surface area contributed by atoms with Gasteiger partial charge in [-0.05, 0) is 6.92 Å². The topological polar surface area (TPSA) is 70.0 Å². The zero-order chi connectivity index (χ0) is 10.6. The van der Waals surface area contributed by atoms with Gasteiger partial charge in [-0.1, -0.05) is 0 Å². The number of hydrogen-bond donors (Lipinski definition) is 2. The van der Waals surface area contributed by atoms with E-state index in [4.69, 9.17) is 16.1 Å². The van der Waals surface area contributed by atoms with Gasteiger partial charge in [0.05, 0.1) is 0 Å². The molecule has 0 spiro atoms. The SMILES string of the molecule is C/C(NC(F)F)=C(/C=N)S(=O)(=O)Cl. The van der Waals surface area contributed by atoms with E-state index in [2.05, 4.69) is 0 Å². The van der Waals surface area contributed by atoms with Gasteiger partial charge in [-0.2, -0.15) is 8.78 Å². The van der Waals surface area contributed by atoms with Crippen LogP contribution in [0.15, 0.2) is 10.6 Å². The Balaban J connectivity index is 5.04.